The average molecular weight is 364 g/mol. The fourth-order valence-corrected chi connectivity index (χ4v) is 3.47. The van der Waals surface area contributed by atoms with E-state index in [9.17, 15) is 0 Å². The van der Waals surface area contributed by atoms with Crippen molar-refractivity contribution in [2.45, 2.75) is 83.0 Å². The van der Waals surface area contributed by atoms with Gasteiger partial charge in [-0.3, -0.25) is 0 Å². The minimum atomic E-state index is -0.684. The van der Waals surface area contributed by atoms with E-state index in [1.807, 2.05) is 58.0 Å². The van der Waals surface area contributed by atoms with Gasteiger partial charge in [0.1, 0.15) is 11.7 Å². The van der Waals surface area contributed by atoms with Crippen LogP contribution in [0.3, 0.4) is 0 Å². The molecule has 0 spiro atoms. The van der Waals surface area contributed by atoms with Crippen LogP contribution in [-0.2, 0) is 35.0 Å². The van der Waals surface area contributed by atoms with Crippen molar-refractivity contribution in [2.24, 2.45) is 0 Å². The molecular weight excluding hydrogens is 336 g/mol. The molecule has 0 N–H and O–H groups in total. The van der Waals surface area contributed by atoms with Gasteiger partial charge in [-0.15, -0.1) is 0 Å². The molecule has 26 heavy (non-hydrogen) atoms. The smallest absolute Gasteiger partial charge is 0.190 e. The zero-order chi connectivity index (χ0) is 18.4. The first-order valence-corrected chi connectivity index (χ1v) is 9.28. The predicted molar refractivity (Wildman–Crippen MR) is 93.2 cm³/mol. The van der Waals surface area contributed by atoms with E-state index < -0.39 is 12.1 Å². The molecule has 6 heteroatoms. The summed E-state index contributed by atoms with van der Waals surface area (Å²) in [5.41, 5.74) is 0.908. The van der Waals surface area contributed by atoms with Crippen LogP contribution in [0.15, 0.2) is 30.3 Å². The number of benzene rings is 1. The molecule has 4 unspecified atom stereocenters. The lowest BCUT2D eigenvalue weighted by Gasteiger charge is -2.36. The molecule has 6 nitrogen and oxygen atoms in total. The third-order valence-electron chi connectivity index (χ3n) is 4.91. The highest BCUT2D eigenvalue weighted by atomic mass is 16.8. The maximum Gasteiger partial charge on any atom is 0.190 e. The first-order chi connectivity index (χ1) is 12.3. The maximum absolute atomic E-state index is 6.16. The van der Waals surface area contributed by atoms with E-state index in [1.54, 1.807) is 0 Å². The van der Waals surface area contributed by atoms with Gasteiger partial charge in [0.2, 0.25) is 0 Å². The summed E-state index contributed by atoms with van der Waals surface area (Å²) in [4.78, 5) is 0. The number of hydrogen-bond acceptors (Lipinski definition) is 6. The lowest BCUT2D eigenvalue weighted by atomic mass is 10.0. The second-order valence-electron chi connectivity index (χ2n) is 8.19. The lowest BCUT2D eigenvalue weighted by molar-refractivity contribution is -0.236. The third kappa shape index (κ3) is 4.11. The molecule has 1 aromatic rings. The van der Waals surface area contributed by atoms with Crippen LogP contribution in [0.1, 0.15) is 39.7 Å². The van der Waals surface area contributed by atoms with Gasteiger partial charge >= 0.3 is 0 Å². The molecule has 3 heterocycles. The second-order valence-corrected chi connectivity index (χ2v) is 8.19. The zero-order valence-electron chi connectivity index (χ0n) is 15.8. The average Bonchev–Trinajstić information content (AvgIpc) is 3.03. The van der Waals surface area contributed by atoms with Crippen LogP contribution in [0.2, 0.25) is 0 Å². The summed E-state index contributed by atoms with van der Waals surface area (Å²) in [6.45, 7) is 8.86. The summed E-state index contributed by atoms with van der Waals surface area (Å²) in [5, 5.41) is 0. The molecule has 3 aliphatic rings. The molecule has 0 bridgehead atoms. The van der Waals surface area contributed by atoms with Crippen molar-refractivity contribution in [3.8, 4) is 0 Å². The van der Waals surface area contributed by atoms with Gasteiger partial charge < -0.3 is 28.4 Å². The van der Waals surface area contributed by atoms with Crippen molar-refractivity contribution < 1.29 is 28.4 Å². The molecule has 0 radical (unpaired) electrons. The summed E-state index contributed by atoms with van der Waals surface area (Å²) in [6.07, 6.45) is -0.474. The monoisotopic (exact) mass is 364 g/mol. The van der Waals surface area contributed by atoms with E-state index >= 15 is 0 Å². The minimum Gasteiger partial charge on any atom is -0.374 e. The fourth-order valence-electron chi connectivity index (χ4n) is 3.47. The first kappa shape index (κ1) is 18.3. The van der Waals surface area contributed by atoms with Crippen LogP contribution in [0.5, 0.6) is 0 Å². The molecule has 5 atom stereocenters. The van der Waals surface area contributed by atoms with E-state index in [0.717, 1.165) is 5.56 Å². The van der Waals surface area contributed by atoms with Crippen LogP contribution in [0.4, 0.5) is 0 Å². The number of hydrogen-bond donors (Lipinski definition) is 0. The fraction of sp³-hybridized carbons (Fsp3) is 0.700. The van der Waals surface area contributed by atoms with Crippen LogP contribution in [-0.4, -0.2) is 48.9 Å². The van der Waals surface area contributed by atoms with Crippen molar-refractivity contribution in [1.29, 1.82) is 0 Å². The van der Waals surface area contributed by atoms with Crippen LogP contribution in [0, 0.1) is 0 Å². The van der Waals surface area contributed by atoms with Crippen LogP contribution >= 0.6 is 0 Å². The Morgan fingerprint density at radius 2 is 1.77 bits per heavy atom. The largest absolute Gasteiger partial charge is 0.374 e. The van der Waals surface area contributed by atoms with Gasteiger partial charge in [-0.05, 0) is 33.3 Å². The summed E-state index contributed by atoms with van der Waals surface area (Å²) in [7, 11) is 0. The Kier molecular flexibility index (Phi) is 4.84. The Labute approximate surface area is 154 Å². The SMILES string of the molecule is CC1(C)OC2C(OC3OC3(C)C)CC(COCc3ccccc3)O[C@@H]2O1. The molecule has 3 fully saturated rings. The Balaban J connectivity index is 1.36. The topological polar surface area (TPSA) is 58.7 Å². The molecule has 1 aromatic carbocycles. The van der Waals surface area contributed by atoms with E-state index in [1.165, 1.54) is 0 Å². The predicted octanol–water partition coefficient (Wildman–Crippen LogP) is 2.99. The highest BCUT2D eigenvalue weighted by Crippen LogP contribution is 2.42. The molecular formula is C20H28O6. The molecule has 0 saturated carbocycles. The van der Waals surface area contributed by atoms with Crippen molar-refractivity contribution in [3.05, 3.63) is 35.9 Å². The van der Waals surface area contributed by atoms with Gasteiger partial charge in [0.05, 0.1) is 25.4 Å². The number of fused-ring (bicyclic) bond motifs is 1. The maximum atomic E-state index is 6.16. The van der Waals surface area contributed by atoms with E-state index in [2.05, 4.69) is 0 Å². The molecule has 4 rings (SSSR count). The molecule has 0 amide bonds. The number of ether oxygens (including phenoxy) is 6. The second kappa shape index (κ2) is 6.86. The summed E-state index contributed by atoms with van der Waals surface area (Å²) in [5.74, 6) is -0.684. The quantitative estimate of drug-likeness (QED) is 0.724. The Hall–Kier alpha value is -1.02. The van der Waals surface area contributed by atoms with Gasteiger partial charge in [0.15, 0.2) is 18.4 Å². The van der Waals surface area contributed by atoms with E-state index in [4.69, 9.17) is 28.4 Å². The van der Waals surface area contributed by atoms with Crippen LogP contribution < -0.4 is 0 Å². The summed E-state index contributed by atoms with van der Waals surface area (Å²) < 4.78 is 35.6. The van der Waals surface area contributed by atoms with Crippen LogP contribution in [0.25, 0.3) is 0 Å². The normalized spacial score (nSPS) is 37.3. The van der Waals surface area contributed by atoms with Gasteiger partial charge in [-0.1, -0.05) is 30.3 Å². The Morgan fingerprint density at radius 3 is 2.46 bits per heavy atom. The Bertz CT molecular complexity index is 616. The van der Waals surface area contributed by atoms with Gasteiger partial charge in [-0.2, -0.15) is 0 Å². The molecule has 0 aliphatic carbocycles. The van der Waals surface area contributed by atoms with Crippen molar-refractivity contribution in [2.75, 3.05) is 6.61 Å². The third-order valence-corrected chi connectivity index (χ3v) is 4.91. The van der Waals surface area contributed by atoms with E-state index in [0.29, 0.717) is 19.6 Å². The molecule has 144 valence electrons. The lowest BCUT2D eigenvalue weighted by Crippen LogP contribution is -2.49. The van der Waals surface area contributed by atoms with Gasteiger partial charge in [-0.25, -0.2) is 0 Å². The number of epoxide rings is 1. The highest BCUT2D eigenvalue weighted by Gasteiger charge is 2.56. The van der Waals surface area contributed by atoms with Crippen molar-refractivity contribution in [1.82, 2.24) is 0 Å². The first-order valence-electron chi connectivity index (χ1n) is 9.28. The van der Waals surface area contributed by atoms with Gasteiger partial charge in [0.25, 0.3) is 0 Å². The number of rotatable bonds is 6. The molecule has 3 saturated heterocycles. The summed E-state index contributed by atoms with van der Waals surface area (Å²) >= 11 is 0. The summed E-state index contributed by atoms with van der Waals surface area (Å²) in [6, 6.07) is 10.1. The molecule has 3 aliphatic heterocycles. The highest BCUT2D eigenvalue weighted by molar-refractivity contribution is 5.13. The Morgan fingerprint density at radius 1 is 1.04 bits per heavy atom. The van der Waals surface area contributed by atoms with E-state index in [-0.39, 0.29) is 30.2 Å². The van der Waals surface area contributed by atoms with Crippen molar-refractivity contribution >= 4 is 0 Å². The van der Waals surface area contributed by atoms with Crippen molar-refractivity contribution in [3.63, 3.8) is 0 Å². The van der Waals surface area contributed by atoms with Gasteiger partial charge in [0, 0.05) is 6.42 Å². The minimum absolute atomic E-state index is 0.107. The molecule has 0 aromatic heterocycles. The zero-order valence-corrected chi connectivity index (χ0v) is 15.8. The standard InChI is InChI=1S/C20H28O6/c1-19(2)18(26-19)23-15-10-14(12-21-11-13-8-6-5-7-9-13)22-17-16(15)24-20(3,4)25-17/h5-9,14-18H,10-12H2,1-4H3/t14?,15?,16?,17-,18?/m1/s1.